The Morgan fingerprint density at radius 1 is 1.43 bits per heavy atom. The van der Waals surface area contributed by atoms with Crippen molar-refractivity contribution in [3.05, 3.63) is 29.6 Å². The molecule has 1 saturated heterocycles. The summed E-state index contributed by atoms with van der Waals surface area (Å²) in [6.07, 6.45) is 5.78. The first-order valence-electron chi connectivity index (χ1n) is 7.82. The molecule has 1 aromatic carbocycles. The van der Waals surface area contributed by atoms with E-state index in [2.05, 4.69) is 17.6 Å². The number of fused-ring (bicyclic) bond motifs is 1. The van der Waals surface area contributed by atoms with Gasteiger partial charge >= 0.3 is 0 Å². The van der Waals surface area contributed by atoms with Gasteiger partial charge in [-0.05, 0) is 43.9 Å². The maximum atomic E-state index is 9.03. The van der Waals surface area contributed by atoms with Crippen molar-refractivity contribution in [2.45, 2.75) is 51.7 Å². The van der Waals surface area contributed by atoms with E-state index in [1.165, 1.54) is 12.8 Å². The first-order valence-corrected chi connectivity index (χ1v) is 7.82. The summed E-state index contributed by atoms with van der Waals surface area (Å²) >= 11 is 0. The van der Waals surface area contributed by atoms with Crippen LogP contribution in [0.5, 0.6) is 0 Å². The van der Waals surface area contributed by atoms with Gasteiger partial charge in [-0.1, -0.05) is 6.92 Å². The van der Waals surface area contributed by atoms with E-state index in [-0.39, 0.29) is 0 Å². The van der Waals surface area contributed by atoms with Crippen LogP contribution in [0.3, 0.4) is 0 Å². The highest BCUT2D eigenvalue weighted by molar-refractivity contribution is 5.77. The van der Waals surface area contributed by atoms with E-state index >= 15 is 0 Å². The highest BCUT2D eigenvalue weighted by atomic mass is 16.5. The van der Waals surface area contributed by atoms with E-state index < -0.39 is 0 Å². The second kappa shape index (κ2) is 6.28. The minimum absolute atomic E-state index is 0.293. The molecule has 0 saturated carbocycles. The summed E-state index contributed by atoms with van der Waals surface area (Å²) in [6, 6.07) is 7.96. The van der Waals surface area contributed by atoms with Gasteiger partial charge in [-0.2, -0.15) is 5.26 Å². The van der Waals surface area contributed by atoms with E-state index in [0.717, 1.165) is 49.3 Å². The van der Waals surface area contributed by atoms with Gasteiger partial charge in [-0.15, -0.1) is 0 Å². The number of hydrogen-bond donors (Lipinski definition) is 0. The molecular formula is C17H21N3O. The molecular weight excluding hydrogens is 262 g/mol. The minimum Gasteiger partial charge on any atom is -0.378 e. The zero-order chi connectivity index (χ0) is 14.7. The topological polar surface area (TPSA) is 50.8 Å². The zero-order valence-electron chi connectivity index (χ0n) is 12.5. The molecule has 1 aromatic heterocycles. The van der Waals surface area contributed by atoms with Gasteiger partial charge in [0.25, 0.3) is 0 Å². The Kier molecular flexibility index (Phi) is 4.21. The lowest BCUT2D eigenvalue weighted by Crippen LogP contribution is -2.23. The van der Waals surface area contributed by atoms with E-state index in [9.17, 15) is 0 Å². The number of aryl methyl sites for hydroxylation is 1. The number of hydrogen-bond acceptors (Lipinski definition) is 3. The number of nitriles is 1. The minimum atomic E-state index is 0.293. The van der Waals surface area contributed by atoms with E-state index in [0.29, 0.717) is 11.7 Å². The summed E-state index contributed by atoms with van der Waals surface area (Å²) in [5, 5.41) is 9.03. The lowest BCUT2D eigenvalue weighted by atomic mass is 10.1. The first-order chi connectivity index (χ1) is 10.3. The van der Waals surface area contributed by atoms with Crippen molar-refractivity contribution in [2.75, 3.05) is 6.61 Å². The van der Waals surface area contributed by atoms with Crippen LogP contribution in [0.25, 0.3) is 11.0 Å². The lowest BCUT2D eigenvalue weighted by Gasteiger charge is -2.22. The lowest BCUT2D eigenvalue weighted by molar-refractivity contribution is 0.0152. The summed E-state index contributed by atoms with van der Waals surface area (Å²) in [4.78, 5) is 4.77. The third-order valence-corrected chi connectivity index (χ3v) is 4.09. The summed E-state index contributed by atoms with van der Waals surface area (Å²) < 4.78 is 8.14. The number of imidazole rings is 1. The summed E-state index contributed by atoms with van der Waals surface area (Å²) in [5.41, 5.74) is 2.72. The highest BCUT2D eigenvalue weighted by Crippen LogP contribution is 2.22. The van der Waals surface area contributed by atoms with Gasteiger partial charge in [0.2, 0.25) is 0 Å². The summed E-state index contributed by atoms with van der Waals surface area (Å²) in [5.74, 6) is 1.09. The van der Waals surface area contributed by atoms with E-state index in [4.69, 9.17) is 15.0 Å². The quantitative estimate of drug-likeness (QED) is 0.863. The molecule has 0 radical (unpaired) electrons. The standard InChI is InChI=1S/C17H21N3O/c1-2-8-20-16-7-6-13(12-18)10-15(16)19-17(20)11-14-5-3-4-9-21-14/h6-7,10,14H,2-5,8-9,11H2,1H3. The molecule has 3 rings (SSSR count). The van der Waals surface area contributed by atoms with Gasteiger partial charge in [0.05, 0.1) is 28.8 Å². The Hall–Kier alpha value is -1.86. The molecule has 0 aliphatic carbocycles. The molecule has 1 aliphatic heterocycles. The fourth-order valence-electron chi connectivity index (χ4n) is 3.05. The second-order valence-electron chi connectivity index (χ2n) is 5.69. The van der Waals surface area contributed by atoms with Crippen LogP contribution in [-0.2, 0) is 17.7 Å². The Morgan fingerprint density at radius 2 is 2.33 bits per heavy atom. The molecule has 110 valence electrons. The van der Waals surface area contributed by atoms with Crippen LogP contribution in [0.1, 0.15) is 44.0 Å². The predicted octanol–water partition coefficient (Wildman–Crippen LogP) is 3.43. The van der Waals surface area contributed by atoms with Crippen molar-refractivity contribution in [2.24, 2.45) is 0 Å². The molecule has 4 nitrogen and oxygen atoms in total. The molecule has 2 aromatic rings. The van der Waals surface area contributed by atoms with E-state index in [1.54, 1.807) is 0 Å². The average molecular weight is 283 g/mol. The molecule has 0 spiro atoms. The molecule has 1 unspecified atom stereocenters. The third kappa shape index (κ3) is 2.93. The molecule has 0 bridgehead atoms. The van der Waals surface area contributed by atoms with Crippen LogP contribution < -0.4 is 0 Å². The van der Waals surface area contributed by atoms with Gasteiger partial charge in [-0.3, -0.25) is 0 Å². The number of nitrogens with zero attached hydrogens (tertiary/aromatic N) is 3. The number of rotatable bonds is 4. The second-order valence-corrected chi connectivity index (χ2v) is 5.69. The van der Waals surface area contributed by atoms with Crippen molar-refractivity contribution in [1.29, 1.82) is 5.26 Å². The van der Waals surface area contributed by atoms with Gasteiger partial charge in [-0.25, -0.2) is 4.98 Å². The molecule has 4 heteroatoms. The Balaban J connectivity index is 1.95. The van der Waals surface area contributed by atoms with E-state index in [1.807, 2.05) is 18.2 Å². The Labute approximate surface area is 125 Å². The van der Waals surface area contributed by atoms with Crippen LogP contribution in [0.4, 0.5) is 0 Å². The van der Waals surface area contributed by atoms with Gasteiger partial charge in [0.15, 0.2) is 0 Å². The fraction of sp³-hybridized carbons (Fsp3) is 0.529. The molecule has 1 aliphatic rings. The Bertz CT molecular complexity index is 662. The number of ether oxygens (including phenoxy) is 1. The van der Waals surface area contributed by atoms with Gasteiger partial charge in [0.1, 0.15) is 5.82 Å². The van der Waals surface area contributed by atoms with Crippen LogP contribution in [0.15, 0.2) is 18.2 Å². The first kappa shape index (κ1) is 14.1. The monoisotopic (exact) mass is 283 g/mol. The number of aromatic nitrogens is 2. The third-order valence-electron chi connectivity index (χ3n) is 4.09. The fourth-order valence-corrected chi connectivity index (χ4v) is 3.05. The van der Waals surface area contributed by atoms with Gasteiger partial charge < -0.3 is 9.30 Å². The van der Waals surface area contributed by atoms with Gasteiger partial charge in [0, 0.05) is 19.6 Å². The summed E-state index contributed by atoms with van der Waals surface area (Å²) in [6.45, 7) is 4.01. The largest absolute Gasteiger partial charge is 0.378 e. The van der Waals surface area contributed by atoms with Crippen molar-refractivity contribution < 1.29 is 4.74 Å². The number of benzene rings is 1. The van der Waals surface area contributed by atoms with Crippen LogP contribution >= 0.6 is 0 Å². The SMILES string of the molecule is CCCn1c(CC2CCCCO2)nc2cc(C#N)ccc21. The van der Waals surface area contributed by atoms with Crippen molar-refractivity contribution in [1.82, 2.24) is 9.55 Å². The molecule has 0 amide bonds. The molecule has 21 heavy (non-hydrogen) atoms. The van der Waals surface area contributed by atoms with Crippen LogP contribution in [-0.4, -0.2) is 22.3 Å². The van der Waals surface area contributed by atoms with Crippen LogP contribution in [0.2, 0.25) is 0 Å². The molecule has 2 heterocycles. The molecule has 1 fully saturated rings. The van der Waals surface area contributed by atoms with Crippen molar-refractivity contribution in [3.8, 4) is 6.07 Å². The Morgan fingerprint density at radius 3 is 3.05 bits per heavy atom. The molecule has 1 atom stereocenters. The normalized spacial score (nSPS) is 18.8. The predicted molar refractivity (Wildman–Crippen MR) is 82.0 cm³/mol. The highest BCUT2D eigenvalue weighted by Gasteiger charge is 2.19. The molecule has 0 N–H and O–H groups in total. The average Bonchev–Trinajstić information content (AvgIpc) is 2.85. The smallest absolute Gasteiger partial charge is 0.112 e. The maximum Gasteiger partial charge on any atom is 0.112 e. The maximum absolute atomic E-state index is 9.03. The van der Waals surface area contributed by atoms with Crippen molar-refractivity contribution in [3.63, 3.8) is 0 Å². The van der Waals surface area contributed by atoms with Crippen molar-refractivity contribution >= 4 is 11.0 Å². The van der Waals surface area contributed by atoms with Crippen LogP contribution in [0, 0.1) is 11.3 Å². The zero-order valence-corrected chi connectivity index (χ0v) is 12.5. The summed E-state index contributed by atoms with van der Waals surface area (Å²) in [7, 11) is 0.